The second kappa shape index (κ2) is 8.97. The number of benzene rings is 1. The molecule has 1 saturated heterocycles. The van der Waals surface area contributed by atoms with Gasteiger partial charge in [-0.1, -0.05) is 6.07 Å². The predicted molar refractivity (Wildman–Crippen MR) is 116 cm³/mol. The molecule has 1 aliphatic rings. The maximum atomic E-state index is 14.0. The molecule has 0 radical (unpaired) electrons. The maximum Gasteiger partial charge on any atom is 0.153 e. The van der Waals surface area contributed by atoms with Gasteiger partial charge in [-0.25, -0.2) is 18.7 Å². The Morgan fingerprint density at radius 2 is 1.77 bits per heavy atom. The van der Waals surface area contributed by atoms with Gasteiger partial charge in [-0.2, -0.15) is 5.10 Å². The van der Waals surface area contributed by atoms with E-state index >= 15 is 0 Å². The average molecular weight is 428 g/mol. The summed E-state index contributed by atoms with van der Waals surface area (Å²) in [6.45, 7) is 5.99. The van der Waals surface area contributed by atoms with E-state index in [-0.39, 0.29) is 0 Å². The van der Waals surface area contributed by atoms with Gasteiger partial charge in [0.1, 0.15) is 29.6 Å². The lowest BCUT2D eigenvalue weighted by atomic mass is 10.1. The van der Waals surface area contributed by atoms with Crippen LogP contribution in [-0.4, -0.2) is 44.8 Å². The monoisotopic (exact) mass is 427 g/mol. The van der Waals surface area contributed by atoms with Crippen LogP contribution < -0.4 is 10.6 Å². The number of piperidine rings is 1. The minimum absolute atomic E-state index is 0.363. The molecule has 3 heterocycles. The van der Waals surface area contributed by atoms with Crippen molar-refractivity contribution in [1.82, 2.24) is 24.6 Å². The first-order valence-corrected chi connectivity index (χ1v) is 10.4. The zero-order valence-electron chi connectivity index (χ0n) is 17.9. The largest absolute Gasteiger partial charge is 0.363 e. The van der Waals surface area contributed by atoms with Crippen LogP contribution in [0.2, 0.25) is 0 Å². The fraction of sp³-hybridized carbons (Fsp3) is 0.409. The molecule has 3 aromatic rings. The van der Waals surface area contributed by atoms with Gasteiger partial charge in [0.05, 0.1) is 12.1 Å². The molecule has 1 unspecified atom stereocenters. The van der Waals surface area contributed by atoms with E-state index in [4.69, 9.17) is 5.10 Å². The smallest absolute Gasteiger partial charge is 0.153 e. The third kappa shape index (κ3) is 4.99. The van der Waals surface area contributed by atoms with Gasteiger partial charge in [-0.05, 0) is 52.9 Å². The number of anilines is 3. The first-order valence-electron chi connectivity index (χ1n) is 10.4. The highest BCUT2D eigenvalue weighted by Gasteiger charge is 2.21. The molecular weight excluding hydrogens is 400 g/mol. The molecule has 0 spiro atoms. The zero-order chi connectivity index (χ0) is 22.0. The third-order valence-corrected chi connectivity index (χ3v) is 5.67. The second-order valence-electron chi connectivity index (χ2n) is 8.10. The molecule has 164 valence electrons. The molecule has 2 aromatic heterocycles. The first kappa shape index (κ1) is 21.2. The molecule has 1 atom stereocenters. The van der Waals surface area contributed by atoms with Gasteiger partial charge in [0.2, 0.25) is 0 Å². The SMILES string of the molecule is Cc1cc(Nc2cc(NC(C)c3ccc(F)cc3F)ncn2)nn1C1CCN(C)CC1. The molecule has 0 aliphatic carbocycles. The summed E-state index contributed by atoms with van der Waals surface area (Å²) in [4.78, 5) is 10.8. The summed E-state index contributed by atoms with van der Waals surface area (Å²) in [6, 6.07) is 7.30. The predicted octanol–water partition coefficient (Wildman–Crippen LogP) is 4.44. The Balaban J connectivity index is 1.45. The number of nitrogens with one attached hydrogen (secondary N) is 2. The van der Waals surface area contributed by atoms with Gasteiger partial charge in [-0.3, -0.25) is 4.68 Å². The summed E-state index contributed by atoms with van der Waals surface area (Å²) in [5.74, 6) is 0.635. The highest BCUT2D eigenvalue weighted by molar-refractivity contribution is 5.56. The van der Waals surface area contributed by atoms with Gasteiger partial charge in [0.15, 0.2) is 5.82 Å². The van der Waals surface area contributed by atoms with Crippen LogP contribution in [0, 0.1) is 18.6 Å². The van der Waals surface area contributed by atoms with Crippen molar-refractivity contribution in [2.24, 2.45) is 0 Å². The lowest BCUT2D eigenvalue weighted by Crippen LogP contribution is -2.32. The van der Waals surface area contributed by atoms with Crippen LogP contribution in [0.1, 0.15) is 43.1 Å². The number of hydrogen-bond donors (Lipinski definition) is 2. The van der Waals surface area contributed by atoms with E-state index in [0.717, 1.165) is 43.5 Å². The van der Waals surface area contributed by atoms with Gasteiger partial charge in [0, 0.05) is 29.5 Å². The van der Waals surface area contributed by atoms with Crippen molar-refractivity contribution in [3.05, 3.63) is 59.6 Å². The number of aryl methyl sites for hydroxylation is 1. The van der Waals surface area contributed by atoms with Crippen LogP contribution >= 0.6 is 0 Å². The Hall–Kier alpha value is -3.07. The molecule has 1 aromatic carbocycles. The van der Waals surface area contributed by atoms with Crippen LogP contribution in [0.15, 0.2) is 36.7 Å². The second-order valence-corrected chi connectivity index (χ2v) is 8.10. The highest BCUT2D eigenvalue weighted by Crippen LogP contribution is 2.26. The molecule has 0 amide bonds. The van der Waals surface area contributed by atoms with Crippen LogP contribution in [0.5, 0.6) is 0 Å². The van der Waals surface area contributed by atoms with Crippen molar-refractivity contribution < 1.29 is 8.78 Å². The topological polar surface area (TPSA) is 70.9 Å². The number of nitrogens with zero attached hydrogens (tertiary/aromatic N) is 5. The van der Waals surface area contributed by atoms with E-state index in [0.29, 0.717) is 23.2 Å². The van der Waals surface area contributed by atoms with E-state index in [1.54, 1.807) is 13.0 Å². The van der Waals surface area contributed by atoms with E-state index in [9.17, 15) is 8.78 Å². The molecule has 1 aliphatic heterocycles. The fourth-order valence-electron chi connectivity index (χ4n) is 3.95. The Labute approximate surface area is 180 Å². The van der Waals surface area contributed by atoms with Crippen molar-refractivity contribution in [2.75, 3.05) is 30.8 Å². The quantitative estimate of drug-likeness (QED) is 0.606. The molecule has 9 heteroatoms. The van der Waals surface area contributed by atoms with Crippen LogP contribution in [0.4, 0.5) is 26.2 Å². The summed E-state index contributed by atoms with van der Waals surface area (Å²) >= 11 is 0. The summed E-state index contributed by atoms with van der Waals surface area (Å²) in [6.07, 6.45) is 3.59. The van der Waals surface area contributed by atoms with Crippen LogP contribution in [0.25, 0.3) is 0 Å². The summed E-state index contributed by atoms with van der Waals surface area (Å²) < 4.78 is 29.3. The lowest BCUT2D eigenvalue weighted by Gasteiger charge is -2.29. The molecule has 2 N–H and O–H groups in total. The van der Waals surface area contributed by atoms with Crippen molar-refractivity contribution in [2.45, 2.75) is 38.8 Å². The summed E-state index contributed by atoms with van der Waals surface area (Å²) in [5, 5.41) is 11.1. The fourth-order valence-corrected chi connectivity index (χ4v) is 3.95. The van der Waals surface area contributed by atoms with E-state index in [1.165, 1.54) is 18.5 Å². The molecule has 0 saturated carbocycles. The van der Waals surface area contributed by atoms with Crippen molar-refractivity contribution in [3.63, 3.8) is 0 Å². The molecule has 4 rings (SSSR count). The maximum absolute atomic E-state index is 14.0. The van der Waals surface area contributed by atoms with Crippen LogP contribution in [-0.2, 0) is 0 Å². The average Bonchev–Trinajstić information content (AvgIpc) is 3.08. The van der Waals surface area contributed by atoms with Gasteiger partial charge in [-0.15, -0.1) is 0 Å². The number of halogens is 2. The van der Waals surface area contributed by atoms with E-state index in [1.807, 2.05) is 6.07 Å². The van der Waals surface area contributed by atoms with E-state index in [2.05, 4.69) is 44.2 Å². The van der Waals surface area contributed by atoms with E-state index < -0.39 is 17.7 Å². The van der Waals surface area contributed by atoms with Gasteiger partial charge in [0.25, 0.3) is 0 Å². The highest BCUT2D eigenvalue weighted by atomic mass is 19.1. The van der Waals surface area contributed by atoms with Crippen molar-refractivity contribution >= 4 is 17.5 Å². The Kier molecular flexibility index (Phi) is 6.13. The normalized spacial score (nSPS) is 16.3. The standard InChI is InChI=1S/C22H27F2N7/c1-14-10-22(29-31(14)17-6-8-30(3)9-7-17)28-21-12-20(25-13-26-21)27-15(2)18-5-4-16(23)11-19(18)24/h4-5,10-13,15,17H,6-9H2,1-3H3,(H2,25,26,27,28,29). The van der Waals surface area contributed by atoms with Crippen LogP contribution in [0.3, 0.4) is 0 Å². The Bertz CT molecular complexity index is 1040. The Morgan fingerprint density at radius 3 is 2.52 bits per heavy atom. The minimum atomic E-state index is -0.600. The van der Waals surface area contributed by atoms with Crippen molar-refractivity contribution in [1.29, 1.82) is 0 Å². The number of hydrogen-bond acceptors (Lipinski definition) is 6. The zero-order valence-corrected chi connectivity index (χ0v) is 17.9. The minimum Gasteiger partial charge on any atom is -0.363 e. The first-order chi connectivity index (χ1) is 14.9. The molecular formula is C22H27F2N7. The number of likely N-dealkylation sites (tertiary alicyclic amines) is 1. The molecule has 0 bridgehead atoms. The third-order valence-electron chi connectivity index (χ3n) is 5.67. The van der Waals surface area contributed by atoms with Gasteiger partial charge < -0.3 is 15.5 Å². The Morgan fingerprint density at radius 1 is 1.03 bits per heavy atom. The molecule has 7 nitrogen and oxygen atoms in total. The number of rotatable bonds is 6. The molecule has 1 fully saturated rings. The van der Waals surface area contributed by atoms with Gasteiger partial charge >= 0.3 is 0 Å². The summed E-state index contributed by atoms with van der Waals surface area (Å²) in [7, 11) is 2.14. The van der Waals surface area contributed by atoms with Crippen molar-refractivity contribution in [3.8, 4) is 0 Å². The lowest BCUT2D eigenvalue weighted by molar-refractivity contribution is 0.211. The molecule has 31 heavy (non-hydrogen) atoms. The summed E-state index contributed by atoms with van der Waals surface area (Å²) in [5.41, 5.74) is 1.46. The number of aromatic nitrogens is 4.